The van der Waals surface area contributed by atoms with Crippen molar-refractivity contribution in [2.75, 3.05) is 17.9 Å². The first-order chi connectivity index (χ1) is 16.9. The first kappa shape index (κ1) is 24.3. The number of sulfonamides is 1. The highest BCUT2D eigenvalue weighted by atomic mass is 32.2. The van der Waals surface area contributed by atoms with Gasteiger partial charge in [-0.3, -0.25) is 4.72 Å². The fourth-order valence-electron chi connectivity index (χ4n) is 3.85. The van der Waals surface area contributed by atoms with Gasteiger partial charge in [0.25, 0.3) is 10.0 Å². The molecule has 8 nitrogen and oxygen atoms in total. The number of para-hydroxylation sites is 1. The van der Waals surface area contributed by atoms with E-state index in [1.54, 1.807) is 43.3 Å². The lowest BCUT2D eigenvalue weighted by atomic mass is 10.1. The van der Waals surface area contributed by atoms with Crippen molar-refractivity contribution in [3.63, 3.8) is 0 Å². The van der Waals surface area contributed by atoms with Crippen LogP contribution >= 0.6 is 0 Å². The quantitative estimate of drug-likeness (QED) is 0.326. The van der Waals surface area contributed by atoms with Crippen molar-refractivity contribution in [3.05, 3.63) is 72.3 Å². The van der Waals surface area contributed by atoms with Gasteiger partial charge in [0.15, 0.2) is 0 Å². The molecule has 1 aromatic heterocycles. The van der Waals surface area contributed by atoms with E-state index in [-0.39, 0.29) is 11.5 Å². The average Bonchev–Trinajstić information content (AvgIpc) is 3.22. The van der Waals surface area contributed by atoms with Gasteiger partial charge >= 0.3 is 5.97 Å². The summed E-state index contributed by atoms with van der Waals surface area (Å²) in [6.07, 6.45) is 0. The van der Waals surface area contributed by atoms with E-state index in [4.69, 9.17) is 14.5 Å². The molecule has 0 amide bonds. The van der Waals surface area contributed by atoms with E-state index < -0.39 is 16.0 Å². The number of carbonyl (C=O) groups is 1. The molecule has 9 heteroatoms. The van der Waals surface area contributed by atoms with Crippen LogP contribution in [0.25, 0.3) is 22.4 Å². The largest absolute Gasteiger partial charge is 0.494 e. The molecular weight excluding hydrogens is 466 g/mol. The second kappa shape index (κ2) is 10.2. The van der Waals surface area contributed by atoms with Crippen LogP contribution < -0.4 is 9.46 Å². The molecule has 0 aliphatic heterocycles. The van der Waals surface area contributed by atoms with E-state index in [9.17, 15) is 13.2 Å². The summed E-state index contributed by atoms with van der Waals surface area (Å²) in [6.45, 7) is 6.99. The lowest BCUT2D eigenvalue weighted by molar-refractivity contribution is 0.0526. The maximum Gasteiger partial charge on any atom is 0.338 e. The van der Waals surface area contributed by atoms with Crippen molar-refractivity contribution >= 4 is 32.7 Å². The third-order valence-corrected chi connectivity index (χ3v) is 6.81. The number of nitrogens with zero attached hydrogens (tertiary/aromatic N) is 2. The summed E-state index contributed by atoms with van der Waals surface area (Å²) in [6, 6.07) is 18.6. The number of ether oxygens (including phenoxy) is 2. The number of rotatable bonds is 9. The van der Waals surface area contributed by atoms with Gasteiger partial charge in [0.2, 0.25) is 0 Å². The van der Waals surface area contributed by atoms with E-state index >= 15 is 0 Å². The molecule has 1 N–H and O–H groups in total. The smallest absolute Gasteiger partial charge is 0.338 e. The van der Waals surface area contributed by atoms with Crippen molar-refractivity contribution in [2.45, 2.75) is 32.2 Å². The molecule has 0 saturated heterocycles. The zero-order chi connectivity index (χ0) is 25.0. The minimum absolute atomic E-state index is 0.124. The van der Waals surface area contributed by atoms with Crippen molar-refractivity contribution in [2.24, 2.45) is 0 Å². The number of esters is 1. The number of hydrogen-bond donors (Lipinski definition) is 1. The summed E-state index contributed by atoms with van der Waals surface area (Å²) in [4.78, 5) is 17.1. The van der Waals surface area contributed by atoms with E-state index in [1.165, 1.54) is 12.1 Å². The zero-order valence-electron chi connectivity index (χ0n) is 19.8. The van der Waals surface area contributed by atoms with Gasteiger partial charge in [-0.25, -0.2) is 18.2 Å². The van der Waals surface area contributed by atoms with Crippen molar-refractivity contribution in [3.8, 4) is 17.1 Å². The maximum atomic E-state index is 13.1. The normalized spacial score (nSPS) is 11.4. The number of aryl methyl sites for hydroxylation is 1. The Balaban J connectivity index is 1.74. The Kier molecular flexibility index (Phi) is 7.07. The fourth-order valence-corrected chi connectivity index (χ4v) is 4.93. The van der Waals surface area contributed by atoms with E-state index in [1.807, 2.05) is 36.6 Å². The first-order valence-corrected chi connectivity index (χ1v) is 12.9. The molecule has 4 rings (SSSR count). The molecule has 0 unspecified atom stereocenters. The lowest BCUT2D eigenvalue weighted by Gasteiger charge is -2.14. The Bertz CT molecular complexity index is 1460. The van der Waals surface area contributed by atoms with Crippen LogP contribution in [0.15, 0.2) is 71.6 Å². The first-order valence-electron chi connectivity index (χ1n) is 11.4. The molecule has 1 heterocycles. The molecule has 35 heavy (non-hydrogen) atoms. The van der Waals surface area contributed by atoms with Crippen LogP contribution in [0.2, 0.25) is 0 Å². The van der Waals surface area contributed by atoms with Crippen molar-refractivity contribution < 1.29 is 22.7 Å². The van der Waals surface area contributed by atoms with Gasteiger partial charge in [-0.15, -0.1) is 0 Å². The number of hydrogen-bond acceptors (Lipinski definition) is 6. The van der Waals surface area contributed by atoms with Crippen LogP contribution in [-0.4, -0.2) is 37.2 Å². The molecule has 0 aliphatic carbocycles. The number of aromatic nitrogens is 2. The minimum atomic E-state index is -3.85. The summed E-state index contributed by atoms with van der Waals surface area (Å²) in [7, 11) is -3.85. The second-order valence-corrected chi connectivity index (χ2v) is 9.34. The summed E-state index contributed by atoms with van der Waals surface area (Å²) < 4.78 is 41.5. The van der Waals surface area contributed by atoms with Gasteiger partial charge in [-0.1, -0.05) is 12.1 Å². The molecule has 0 spiro atoms. The molecule has 0 atom stereocenters. The lowest BCUT2D eigenvalue weighted by Crippen LogP contribution is -2.14. The number of fused-ring (bicyclic) bond motifs is 1. The van der Waals surface area contributed by atoms with Crippen molar-refractivity contribution in [1.82, 2.24) is 9.55 Å². The number of carbonyl (C=O) groups excluding carboxylic acids is 1. The predicted molar refractivity (Wildman–Crippen MR) is 135 cm³/mol. The minimum Gasteiger partial charge on any atom is -0.494 e. The van der Waals surface area contributed by atoms with Gasteiger partial charge in [-0.05, 0) is 75.4 Å². The zero-order valence-corrected chi connectivity index (χ0v) is 20.6. The van der Waals surface area contributed by atoms with Gasteiger partial charge in [0.1, 0.15) is 11.6 Å². The van der Waals surface area contributed by atoms with Crippen LogP contribution in [0.3, 0.4) is 0 Å². The van der Waals surface area contributed by atoms with E-state index in [2.05, 4.69) is 4.72 Å². The molecule has 0 fully saturated rings. The summed E-state index contributed by atoms with van der Waals surface area (Å²) in [5, 5.41) is 0. The Morgan fingerprint density at radius 3 is 2.40 bits per heavy atom. The highest BCUT2D eigenvalue weighted by Gasteiger charge is 2.20. The number of nitrogens with one attached hydrogen (secondary N) is 1. The predicted octanol–water partition coefficient (Wildman–Crippen LogP) is 5.10. The van der Waals surface area contributed by atoms with Crippen LogP contribution in [0.4, 0.5) is 5.69 Å². The van der Waals surface area contributed by atoms with E-state index in [0.717, 1.165) is 5.52 Å². The van der Waals surface area contributed by atoms with Crippen LogP contribution in [0.5, 0.6) is 5.75 Å². The molecule has 0 aliphatic rings. The molecule has 0 saturated carbocycles. The molecule has 0 radical (unpaired) electrons. The standard InChI is InChI=1S/C26H27N3O5S/c1-4-29-24-16-11-18(26(30)34-6-3)17-23(24)27-25(29)21-9-7-8-10-22(21)28-35(31,32)20-14-12-19(13-15-20)33-5-2/h7-17,28H,4-6H2,1-3H3. The van der Waals surface area contributed by atoms with Crippen LogP contribution in [0.1, 0.15) is 31.1 Å². The highest BCUT2D eigenvalue weighted by molar-refractivity contribution is 7.92. The summed E-state index contributed by atoms with van der Waals surface area (Å²) in [5.41, 5.74) is 2.89. The SMILES string of the molecule is CCOC(=O)c1ccc2c(c1)nc(-c1ccccc1NS(=O)(=O)c1ccc(OCC)cc1)n2CC. The van der Waals surface area contributed by atoms with Gasteiger partial charge in [0, 0.05) is 12.1 Å². The third-order valence-electron chi connectivity index (χ3n) is 5.43. The third kappa shape index (κ3) is 5.00. The summed E-state index contributed by atoms with van der Waals surface area (Å²) in [5.74, 6) is 0.782. The molecule has 3 aromatic carbocycles. The van der Waals surface area contributed by atoms with Crippen LogP contribution in [-0.2, 0) is 21.3 Å². The average molecular weight is 494 g/mol. The monoisotopic (exact) mass is 493 g/mol. The number of anilines is 1. The fraction of sp³-hybridized carbons (Fsp3) is 0.231. The molecule has 4 aromatic rings. The van der Waals surface area contributed by atoms with Crippen LogP contribution in [0, 0.1) is 0 Å². The molecular formula is C26H27N3O5S. The molecule has 0 bridgehead atoms. The second-order valence-electron chi connectivity index (χ2n) is 7.66. The maximum absolute atomic E-state index is 13.1. The van der Waals surface area contributed by atoms with Gasteiger partial charge in [0.05, 0.1) is 40.4 Å². The molecule has 182 valence electrons. The van der Waals surface area contributed by atoms with E-state index in [0.29, 0.717) is 47.1 Å². The highest BCUT2D eigenvalue weighted by Crippen LogP contribution is 2.32. The Labute approximate surface area is 204 Å². The van der Waals surface area contributed by atoms with Gasteiger partial charge in [-0.2, -0.15) is 0 Å². The Hall–Kier alpha value is -3.85. The van der Waals surface area contributed by atoms with Crippen molar-refractivity contribution in [1.29, 1.82) is 0 Å². The Morgan fingerprint density at radius 1 is 0.971 bits per heavy atom. The number of imidazole rings is 1. The number of benzene rings is 3. The summed E-state index contributed by atoms with van der Waals surface area (Å²) >= 11 is 0. The Morgan fingerprint density at radius 2 is 1.71 bits per heavy atom. The topological polar surface area (TPSA) is 99.5 Å². The van der Waals surface area contributed by atoms with Gasteiger partial charge < -0.3 is 14.0 Å².